The summed E-state index contributed by atoms with van der Waals surface area (Å²) in [5.41, 5.74) is 12.1. The standard InChI is InChI=1S/C28H27NS/c1-19-14-25(26(15-20(19)2)22-9-4-3-5-10-22)17-28-29-27(18-30-28)24-13-12-21-8-6-7-11-23(21)16-24/h3-5,9-10,12-16,18H,6-8,11,17H2,1-2H3. The minimum atomic E-state index is 0.876. The largest absolute Gasteiger partial charge is 0.241 e. The number of nitrogens with zero attached hydrogens (tertiary/aromatic N) is 1. The first kappa shape index (κ1) is 19.3. The molecule has 1 nitrogen and oxygen atoms in total. The third-order valence-corrected chi connectivity index (χ3v) is 7.19. The maximum absolute atomic E-state index is 5.03. The predicted octanol–water partition coefficient (Wildman–Crippen LogP) is 7.56. The average Bonchev–Trinajstić information content (AvgIpc) is 3.25. The van der Waals surface area contributed by atoms with Crippen molar-refractivity contribution in [2.75, 3.05) is 0 Å². The van der Waals surface area contributed by atoms with Crippen molar-refractivity contribution in [3.8, 4) is 22.4 Å². The maximum Gasteiger partial charge on any atom is 0.0976 e. The van der Waals surface area contributed by atoms with E-state index in [4.69, 9.17) is 4.98 Å². The molecule has 0 spiro atoms. The Labute approximate surface area is 183 Å². The average molecular weight is 410 g/mol. The fraction of sp³-hybridized carbons (Fsp3) is 0.250. The van der Waals surface area contributed by atoms with Crippen LogP contribution in [-0.4, -0.2) is 4.98 Å². The summed E-state index contributed by atoms with van der Waals surface area (Å²) in [4.78, 5) is 5.03. The van der Waals surface area contributed by atoms with E-state index in [-0.39, 0.29) is 0 Å². The Bertz CT molecular complexity index is 1190. The van der Waals surface area contributed by atoms with Crippen molar-refractivity contribution >= 4 is 11.3 Å². The van der Waals surface area contributed by atoms with Crippen LogP contribution in [0.4, 0.5) is 0 Å². The number of fused-ring (bicyclic) bond motifs is 1. The minimum absolute atomic E-state index is 0.876. The van der Waals surface area contributed by atoms with E-state index >= 15 is 0 Å². The van der Waals surface area contributed by atoms with E-state index in [1.165, 1.54) is 75.2 Å². The Kier molecular flexibility index (Phi) is 5.26. The van der Waals surface area contributed by atoms with Crippen LogP contribution in [0.2, 0.25) is 0 Å². The summed E-state index contributed by atoms with van der Waals surface area (Å²) >= 11 is 1.78. The van der Waals surface area contributed by atoms with Crippen molar-refractivity contribution in [1.29, 1.82) is 0 Å². The van der Waals surface area contributed by atoms with Crippen LogP contribution in [0, 0.1) is 13.8 Å². The molecule has 1 aliphatic carbocycles. The lowest BCUT2D eigenvalue weighted by molar-refractivity contribution is 0.686. The molecule has 0 radical (unpaired) electrons. The van der Waals surface area contributed by atoms with Crippen LogP contribution in [0.15, 0.2) is 66.0 Å². The van der Waals surface area contributed by atoms with Gasteiger partial charge in [0.25, 0.3) is 0 Å². The molecule has 2 heteroatoms. The summed E-state index contributed by atoms with van der Waals surface area (Å²) in [6.45, 7) is 4.40. The van der Waals surface area contributed by atoms with Gasteiger partial charge in [0, 0.05) is 17.4 Å². The molecule has 0 saturated heterocycles. The van der Waals surface area contributed by atoms with E-state index in [2.05, 4.69) is 79.9 Å². The van der Waals surface area contributed by atoms with Crippen LogP contribution in [0.5, 0.6) is 0 Å². The first-order chi connectivity index (χ1) is 14.7. The number of hydrogen-bond acceptors (Lipinski definition) is 2. The Morgan fingerprint density at radius 3 is 2.40 bits per heavy atom. The molecule has 3 aromatic carbocycles. The van der Waals surface area contributed by atoms with Gasteiger partial charge in [0.05, 0.1) is 10.7 Å². The summed E-state index contributed by atoms with van der Waals surface area (Å²) in [7, 11) is 0. The fourth-order valence-electron chi connectivity index (χ4n) is 4.49. The number of rotatable bonds is 4. The van der Waals surface area contributed by atoms with Crippen molar-refractivity contribution in [3.63, 3.8) is 0 Å². The van der Waals surface area contributed by atoms with E-state index in [9.17, 15) is 0 Å². The van der Waals surface area contributed by atoms with Gasteiger partial charge in [-0.05, 0) is 84.5 Å². The summed E-state index contributed by atoms with van der Waals surface area (Å²) in [6.07, 6.45) is 5.96. The van der Waals surface area contributed by atoms with Gasteiger partial charge in [-0.1, -0.05) is 54.6 Å². The second kappa shape index (κ2) is 8.20. The van der Waals surface area contributed by atoms with E-state index in [1.54, 1.807) is 11.3 Å². The number of thiazole rings is 1. The molecule has 0 atom stereocenters. The minimum Gasteiger partial charge on any atom is -0.241 e. The Balaban J connectivity index is 1.47. The zero-order valence-electron chi connectivity index (χ0n) is 17.7. The molecule has 0 unspecified atom stereocenters. The number of aryl methyl sites for hydroxylation is 4. The van der Waals surface area contributed by atoms with Crippen LogP contribution < -0.4 is 0 Å². The molecule has 1 aliphatic rings. The van der Waals surface area contributed by atoms with Crippen LogP contribution >= 0.6 is 11.3 Å². The Morgan fingerprint density at radius 1 is 0.800 bits per heavy atom. The summed E-state index contributed by atoms with van der Waals surface area (Å²) < 4.78 is 0. The lowest BCUT2D eigenvalue weighted by Crippen LogP contribution is -2.02. The second-order valence-corrected chi connectivity index (χ2v) is 9.40. The molecule has 0 aliphatic heterocycles. The number of aromatic nitrogens is 1. The highest BCUT2D eigenvalue weighted by Crippen LogP contribution is 2.32. The summed E-state index contributed by atoms with van der Waals surface area (Å²) in [5.74, 6) is 0. The van der Waals surface area contributed by atoms with Crippen LogP contribution in [-0.2, 0) is 19.3 Å². The predicted molar refractivity (Wildman–Crippen MR) is 128 cm³/mol. The van der Waals surface area contributed by atoms with Crippen molar-refractivity contribution in [2.45, 2.75) is 46.0 Å². The molecule has 5 rings (SSSR count). The molecule has 0 fully saturated rings. The highest BCUT2D eigenvalue weighted by atomic mass is 32.1. The molecule has 0 amide bonds. The van der Waals surface area contributed by atoms with Crippen LogP contribution in [0.25, 0.3) is 22.4 Å². The highest BCUT2D eigenvalue weighted by Gasteiger charge is 2.14. The van der Waals surface area contributed by atoms with Gasteiger partial charge in [-0.2, -0.15) is 0 Å². The first-order valence-corrected chi connectivity index (χ1v) is 11.8. The fourth-order valence-corrected chi connectivity index (χ4v) is 5.32. The molecule has 0 saturated carbocycles. The smallest absolute Gasteiger partial charge is 0.0976 e. The van der Waals surface area contributed by atoms with Gasteiger partial charge in [-0.3, -0.25) is 0 Å². The van der Waals surface area contributed by atoms with E-state index < -0.39 is 0 Å². The van der Waals surface area contributed by atoms with Gasteiger partial charge >= 0.3 is 0 Å². The van der Waals surface area contributed by atoms with Gasteiger partial charge in [-0.25, -0.2) is 4.98 Å². The SMILES string of the molecule is Cc1cc(Cc2nc(-c3ccc4c(c3)CCCC4)cs2)c(-c2ccccc2)cc1C. The topological polar surface area (TPSA) is 12.9 Å². The van der Waals surface area contributed by atoms with Crippen molar-refractivity contribution in [3.05, 3.63) is 98.9 Å². The van der Waals surface area contributed by atoms with Crippen LogP contribution in [0.1, 0.15) is 45.7 Å². The summed E-state index contributed by atoms with van der Waals surface area (Å²) in [5, 5.41) is 3.41. The molecule has 1 aromatic heterocycles. The van der Waals surface area contributed by atoms with E-state index in [1.807, 2.05) is 0 Å². The number of hydrogen-bond donors (Lipinski definition) is 0. The van der Waals surface area contributed by atoms with Gasteiger partial charge in [-0.15, -0.1) is 11.3 Å². The Morgan fingerprint density at radius 2 is 1.57 bits per heavy atom. The normalized spacial score (nSPS) is 13.3. The molecule has 0 bridgehead atoms. The van der Waals surface area contributed by atoms with Gasteiger partial charge in [0.1, 0.15) is 0 Å². The molecule has 1 heterocycles. The second-order valence-electron chi connectivity index (χ2n) is 8.45. The van der Waals surface area contributed by atoms with Crippen molar-refractivity contribution < 1.29 is 0 Å². The zero-order valence-corrected chi connectivity index (χ0v) is 18.6. The molecular formula is C28H27NS. The third kappa shape index (κ3) is 3.85. The van der Waals surface area contributed by atoms with Crippen molar-refractivity contribution in [1.82, 2.24) is 4.98 Å². The lowest BCUT2D eigenvalue weighted by Gasteiger charge is -2.16. The summed E-state index contributed by atoms with van der Waals surface area (Å²) in [6, 6.07) is 22.3. The van der Waals surface area contributed by atoms with E-state index in [0.29, 0.717) is 0 Å². The van der Waals surface area contributed by atoms with Gasteiger partial charge in [0.15, 0.2) is 0 Å². The molecular weight excluding hydrogens is 382 g/mol. The first-order valence-electron chi connectivity index (χ1n) is 10.9. The third-order valence-electron chi connectivity index (χ3n) is 6.34. The quantitative estimate of drug-likeness (QED) is 0.339. The van der Waals surface area contributed by atoms with Crippen LogP contribution in [0.3, 0.4) is 0 Å². The Hall–Kier alpha value is -2.71. The zero-order chi connectivity index (χ0) is 20.5. The highest BCUT2D eigenvalue weighted by molar-refractivity contribution is 7.10. The maximum atomic E-state index is 5.03. The van der Waals surface area contributed by atoms with E-state index in [0.717, 1.165) is 12.1 Å². The number of benzene rings is 3. The lowest BCUT2D eigenvalue weighted by atomic mass is 9.90. The monoisotopic (exact) mass is 409 g/mol. The molecule has 4 aromatic rings. The van der Waals surface area contributed by atoms with Gasteiger partial charge in [0.2, 0.25) is 0 Å². The molecule has 0 N–H and O–H groups in total. The van der Waals surface area contributed by atoms with Gasteiger partial charge < -0.3 is 0 Å². The van der Waals surface area contributed by atoms with Crippen molar-refractivity contribution in [2.24, 2.45) is 0 Å². The molecule has 150 valence electrons. The molecule has 30 heavy (non-hydrogen) atoms.